The van der Waals surface area contributed by atoms with Crippen molar-refractivity contribution in [3.8, 4) is 5.75 Å². The molecule has 2 aliphatic heterocycles. The van der Waals surface area contributed by atoms with Gasteiger partial charge in [-0.3, -0.25) is 9.10 Å². The molecule has 4 rings (SSSR count). The number of hydrogen-bond acceptors (Lipinski definition) is 5. The summed E-state index contributed by atoms with van der Waals surface area (Å²) in [5.74, 6) is 0.143. The van der Waals surface area contributed by atoms with Gasteiger partial charge >= 0.3 is 0 Å². The number of para-hydroxylation sites is 2. The molecule has 7 nitrogen and oxygen atoms in total. The van der Waals surface area contributed by atoms with Crippen molar-refractivity contribution in [3.63, 3.8) is 0 Å². The second-order valence-electron chi connectivity index (χ2n) is 7.61. The van der Waals surface area contributed by atoms with Gasteiger partial charge in [0.2, 0.25) is 10.0 Å². The number of likely N-dealkylation sites (N-methyl/N-ethyl adjacent to an activating group) is 1. The van der Waals surface area contributed by atoms with E-state index in [4.69, 9.17) is 4.74 Å². The fourth-order valence-corrected chi connectivity index (χ4v) is 5.53. The minimum atomic E-state index is -3.69. The zero-order chi connectivity index (χ0) is 21.1. The molecule has 0 bridgehead atoms. The first-order chi connectivity index (χ1) is 14.5. The Morgan fingerprint density at radius 3 is 2.37 bits per heavy atom. The smallest absolute Gasteiger partial charge is 0.265 e. The summed E-state index contributed by atoms with van der Waals surface area (Å²) >= 11 is 0. The minimum Gasteiger partial charge on any atom is -0.476 e. The van der Waals surface area contributed by atoms with Crippen molar-refractivity contribution in [2.45, 2.75) is 18.8 Å². The third-order valence-corrected chi connectivity index (χ3v) is 7.38. The highest BCUT2D eigenvalue weighted by Crippen LogP contribution is 2.36. The van der Waals surface area contributed by atoms with Gasteiger partial charge in [-0.25, -0.2) is 8.42 Å². The molecule has 2 heterocycles. The summed E-state index contributed by atoms with van der Waals surface area (Å²) in [6.07, 6.45) is -0.848. The Labute approximate surface area is 177 Å². The van der Waals surface area contributed by atoms with Crippen LogP contribution >= 0.6 is 0 Å². The molecule has 30 heavy (non-hydrogen) atoms. The van der Waals surface area contributed by atoms with Gasteiger partial charge in [0.05, 0.1) is 18.0 Å². The number of sulfonamides is 1. The van der Waals surface area contributed by atoms with Crippen LogP contribution in [0.5, 0.6) is 5.75 Å². The maximum absolute atomic E-state index is 13.3. The molecule has 0 radical (unpaired) electrons. The lowest BCUT2D eigenvalue weighted by Gasteiger charge is -2.39. The Morgan fingerprint density at radius 1 is 1.00 bits per heavy atom. The quantitative estimate of drug-likeness (QED) is 0.727. The Balaban J connectivity index is 1.57. The highest BCUT2D eigenvalue weighted by atomic mass is 32.2. The number of fused-ring (bicyclic) bond motifs is 1. The van der Waals surface area contributed by atoms with Gasteiger partial charge in [0.1, 0.15) is 5.75 Å². The van der Waals surface area contributed by atoms with Crippen molar-refractivity contribution in [3.05, 3.63) is 60.2 Å². The van der Waals surface area contributed by atoms with Crippen molar-refractivity contribution >= 4 is 21.6 Å². The molecule has 2 aromatic carbocycles. The van der Waals surface area contributed by atoms with Gasteiger partial charge in [-0.05, 0) is 24.2 Å². The largest absolute Gasteiger partial charge is 0.476 e. The predicted molar refractivity (Wildman–Crippen MR) is 116 cm³/mol. The third-order valence-electron chi connectivity index (χ3n) is 5.67. The molecule has 1 amide bonds. The molecule has 160 valence electrons. The molecule has 0 unspecified atom stereocenters. The molecule has 2 aliphatic rings. The lowest BCUT2D eigenvalue weighted by atomic mass is 10.2. The second kappa shape index (κ2) is 8.65. The number of hydrogen-bond donors (Lipinski definition) is 0. The SMILES string of the molecule is CCN1CCN(C(=O)[C@H]2CN(S(=O)(=O)Cc3ccccc3)c3ccccc3O2)CC1. The van der Waals surface area contributed by atoms with Gasteiger partial charge in [-0.15, -0.1) is 0 Å². The van der Waals surface area contributed by atoms with E-state index in [-0.39, 0.29) is 18.2 Å². The number of benzene rings is 2. The van der Waals surface area contributed by atoms with Crippen LogP contribution in [0.2, 0.25) is 0 Å². The van der Waals surface area contributed by atoms with Gasteiger partial charge in [0, 0.05) is 26.2 Å². The third kappa shape index (κ3) is 4.29. The van der Waals surface area contributed by atoms with E-state index >= 15 is 0 Å². The number of anilines is 1. The maximum Gasteiger partial charge on any atom is 0.265 e. The number of carbonyl (C=O) groups is 1. The number of piperazine rings is 1. The van der Waals surface area contributed by atoms with Gasteiger partial charge in [-0.2, -0.15) is 0 Å². The Hall–Kier alpha value is -2.58. The second-order valence-corrected chi connectivity index (χ2v) is 9.50. The zero-order valence-corrected chi connectivity index (χ0v) is 17.9. The van der Waals surface area contributed by atoms with E-state index in [0.717, 1.165) is 19.6 Å². The van der Waals surface area contributed by atoms with E-state index in [1.807, 2.05) is 18.2 Å². The van der Waals surface area contributed by atoms with Crippen LogP contribution in [0.3, 0.4) is 0 Å². The summed E-state index contributed by atoms with van der Waals surface area (Å²) in [7, 11) is -3.69. The maximum atomic E-state index is 13.3. The summed E-state index contributed by atoms with van der Waals surface area (Å²) in [5, 5.41) is 0. The first-order valence-corrected chi connectivity index (χ1v) is 11.9. The number of ether oxygens (including phenoxy) is 1. The van der Waals surface area contributed by atoms with Crippen LogP contribution in [0, 0.1) is 0 Å². The highest BCUT2D eigenvalue weighted by Gasteiger charge is 2.38. The van der Waals surface area contributed by atoms with Crippen molar-refractivity contribution < 1.29 is 17.9 Å². The van der Waals surface area contributed by atoms with Crippen molar-refractivity contribution in [1.82, 2.24) is 9.80 Å². The van der Waals surface area contributed by atoms with E-state index in [2.05, 4.69) is 11.8 Å². The molecule has 1 saturated heterocycles. The van der Waals surface area contributed by atoms with Crippen molar-refractivity contribution in [2.75, 3.05) is 43.6 Å². The monoisotopic (exact) mass is 429 g/mol. The first-order valence-electron chi connectivity index (χ1n) is 10.3. The molecular weight excluding hydrogens is 402 g/mol. The van der Waals surface area contributed by atoms with Crippen LogP contribution in [0.15, 0.2) is 54.6 Å². The average molecular weight is 430 g/mol. The minimum absolute atomic E-state index is 0.0149. The Morgan fingerprint density at radius 2 is 1.67 bits per heavy atom. The molecule has 2 aromatic rings. The molecule has 1 atom stereocenters. The molecule has 0 aliphatic carbocycles. The molecule has 8 heteroatoms. The van der Waals surface area contributed by atoms with Crippen LogP contribution in [-0.2, 0) is 20.6 Å². The van der Waals surface area contributed by atoms with Gasteiger partial charge in [0.25, 0.3) is 5.91 Å². The zero-order valence-electron chi connectivity index (χ0n) is 17.1. The standard InChI is InChI=1S/C22H27N3O4S/c1-2-23-12-14-24(15-13-23)22(26)21-16-25(19-10-6-7-11-20(19)29-21)30(27,28)17-18-8-4-3-5-9-18/h3-11,21H,2,12-17H2,1H3/t21-/m1/s1. The number of nitrogens with zero attached hydrogens (tertiary/aromatic N) is 3. The van der Waals surface area contributed by atoms with E-state index < -0.39 is 16.1 Å². The van der Waals surface area contributed by atoms with Crippen molar-refractivity contribution in [1.29, 1.82) is 0 Å². The van der Waals surface area contributed by atoms with E-state index in [1.54, 1.807) is 41.3 Å². The van der Waals surface area contributed by atoms with E-state index in [1.165, 1.54) is 4.31 Å². The van der Waals surface area contributed by atoms with Gasteiger partial charge in [-0.1, -0.05) is 49.4 Å². The van der Waals surface area contributed by atoms with E-state index in [9.17, 15) is 13.2 Å². The Bertz CT molecular complexity index is 988. The summed E-state index contributed by atoms with van der Waals surface area (Å²) in [5.41, 5.74) is 1.19. The van der Waals surface area contributed by atoms with Crippen molar-refractivity contribution in [2.24, 2.45) is 0 Å². The lowest BCUT2D eigenvalue weighted by molar-refractivity contribution is -0.140. The molecule has 1 fully saturated rings. The average Bonchev–Trinajstić information content (AvgIpc) is 2.78. The molecule has 0 N–H and O–H groups in total. The summed E-state index contributed by atoms with van der Waals surface area (Å²) in [6.45, 7) is 5.95. The summed E-state index contributed by atoms with van der Waals surface area (Å²) in [6, 6.07) is 16.1. The number of carbonyl (C=O) groups excluding carboxylic acids is 1. The van der Waals surface area contributed by atoms with Crippen LogP contribution in [-0.4, -0.2) is 69.5 Å². The van der Waals surface area contributed by atoms with Crippen LogP contribution in [0.25, 0.3) is 0 Å². The van der Waals surface area contributed by atoms with Crippen LogP contribution < -0.4 is 9.04 Å². The van der Waals surface area contributed by atoms with Crippen LogP contribution in [0.4, 0.5) is 5.69 Å². The fraction of sp³-hybridized carbons (Fsp3) is 0.409. The van der Waals surface area contributed by atoms with Crippen LogP contribution in [0.1, 0.15) is 12.5 Å². The van der Waals surface area contributed by atoms with E-state index in [0.29, 0.717) is 30.1 Å². The topological polar surface area (TPSA) is 70.2 Å². The normalized spacial score (nSPS) is 19.8. The molecule has 0 spiro atoms. The Kier molecular flexibility index (Phi) is 5.97. The fourth-order valence-electron chi connectivity index (χ4n) is 3.95. The van der Waals surface area contributed by atoms with Gasteiger partial charge in [0.15, 0.2) is 6.10 Å². The number of rotatable bonds is 5. The molecule has 0 aromatic heterocycles. The number of amides is 1. The summed E-state index contributed by atoms with van der Waals surface area (Å²) in [4.78, 5) is 17.2. The predicted octanol–water partition coefficient (Wildman–Crippen LogP) is 1.95. The molecular formula is C22H27N3O4S. The van der Waals surface area contributed by atoms with Gasteiger partial charge < -0.3 is 14.5 Å². The molecule has 0 saturated carbocycles. The lowest BCUT2D eigenvalue weighted by Crippen LogP contribution is -2.56. The summed E-state index contributed by atoms with van der Waals surface area (Å²) < 4.78 is 33.9. The highest BCUT2D eigenvalue weighted by molar-refractivity contribution is 7.92. The first kappa shape index (κ1) is 20.7.